The number of halogens is 1. The Morgan fingerprint density at radius 1 is 0.912 bits per heavy atom. The zero-order chi connectivity index (χ0) is 25.6. The summed E-state index contributed by atoms with van der Waals surface area (Å²) in [5, 5.41) is 5.70. The van der Waals surface area contributed by atoms with Crippen LogP contribution in [0.4, 0.5) is 5.69 Å². The number of esters is 1. The molecule has 0 saturated heterocycles. The number of Topliss-reactive ketones (excluding diaryl/α,β-unsaturated/α-hetero) is 1. The van der Waals surface area contributed by atoms with Crippen LogP contribution < -0.4 is 10.6 Å². The third-order valence-corrected chi connectivity index (χ3v) is 5.43. The lowest BCUT2D eigenvalue weighted by atomic mass is 9.95. The van der Waals surface area contributed by atoms with E-state index in [0.29, 0.717) is 11.3 Å². The molecule has 0 aliphatic rings. The first-order valence-corrected chi connectivity index (χ1v) is 11.4. The predicted octanol–water partition coefficient (Wildman–Crippen LogP) is 4.89. The second-order valence-corrected chi connectivity index (χ2v) is 9.81. The van der Waals surface area contributed by atoms with Crippen molar-refractivity contribution in [3.8, 4) is 0 Å². The van der Waals surface area contributed by atoms with Crippen LogP contribution in [-0.2, 0) is 14.3 Å². The second-order valence-electron chi connectivity index (χ2n) is 9.40. The Labute approximate surface area is 205 Å². The average molecular weight is 487 g/mol. The number of hydrogen-bond donors (Lipinski definition) is 2. The van der Waals surface area contributed by atoms with E-state index in [1.807, 2.05) is 0 Å². The van der Waals surface area contributed by atoms with E-state index in [2.05, 4.69) is 10.6 Å². The van der Waals surface area contributed by atoms with Crippen molar-refractivity contribution in [2.45, 2.75) is 53.7 Å². The van der Waals surface area contributed by atoms with Gasteiger partial charge in [0.25, 0.3) is 5.91 Å². The molecule has 2 N–H and O–H groups in total. The minimum Gasteiger partial charge on any atom is -0.453 e. The summed E-state index contributed by atoms with van der Waals surface area (Å²) in [5.74, 6) is -2.06. The van der Waals surface area contributed by atoms with Gasteiger partial charge in [-0.1, -0.05) is 58.4 Å². The maximum absolute atomic E-state index is 12.8. The smallest absolute Gasteiger partial charge is 0.329 e. The SMILES string of the molecule is CC(OC(=O)[C@@H](NC(=O)c1ccccc1Cl)C(C)C)C(=O)c1ccc(NC(=O)C(C)(C)C)cc1. The number of nitrogens with one attached hydrogen (secondary N) is 2. The summed E-state index contributed by atoms with van der Waals surface area (Å²) in [6.45, 7) is 10.4. The van der Waals surface area contributed by atoms with E-state index in [1.54, 1.807) is 83.1 Å². The highest BCUT2D eigenvalue weighted by Gasteiger charge is 2.30. The first-order chi connectivity index (χ1) is 15.8. The number of anilines is 1. The van der Waals surface area contributed by atoms with E-state index >= 15 is 0 Å². The topological polar surface area (TPSA) is 102 Å². The molecule has 0 spiro atoms. The molecule has 34 heavy (non-hydrogen) atoms. The molecule has 0 aliphatic heterocycles. The third-order valence-electron chi connectivity index (χ3n) is 5.10. The summed E-state index contributed by atoms with van der Waals surface area (Å²) in [4.78, 5) is 50.3. The van der Waals surface area contributed by atoms with Crippen molar-refractivity contribution >= 4 is 40.9 Å². The number of ether oxygens (including phenoxy) is 1. The summed E-state index contributed by atoms with van der Waals surface area (Å²) in [6.07, 6.45) is -1.07. The van der Waals surface area contributed by atoms with Crippen molar-refractivity contribution in [2.75, 3.05) is 5.32 Å². The van der Waals surface area contributed by atoms with Crippen LogP contribution in [0.25, 0.3) is 0 Å². The second kappa shape index (κ2) is 11.3. The van der Waals surface area contributed by atoms with E-state index in [9.17, 15) is 19.2 Å². The first-order valence-electron chi connectivity index (χ1n) is 11.0. The van der Waals surface area contributed by atoms with Gasteiger partial charge in [-0.05, 0) is 49.2 Å². The van der Waals surface area contributed by atoms with Gasteiger partial charge < -0.3 is 15.4 Å². The van der Waals surface area contributed by atoms with Crippen LogP contribution in [0.2, 0.25) is 5.02 Å². The van der Waals surface area contributed by atoms with Gasteiger partial charge >= 0.3 is 5.97 Å². The maximum Gasteiger partial charge on any atom is 0.329 e. The Morgan fingerprint density at radius 3 is 2.03 bits per heavy atom. The van der Waals surface area contributed by atoms with Gasteiger partial charge in [-0.2, -0.15) is 0 Å². The zero-order valence-electron chi connectivity index (χ0n) is 20.3. The van der Waals surface area contributed by atoms with Crippen molar-refractivity contribution in [1.82, 2.24) is 5.32 Å². The molecule has 0 aromatic heterocycles. The van der Waals surface area contributed by atoms with Crippen LogP contribution in [0.5, 0.6) is 0 Å². The molecule has 8 heteroatoms. The molecule has 0 saturated carbocycles. The molecule has 0 bridgehead atoms. The van der Waals surface area contributed by atoms with E-state index in [-0.39, 0.29) is 22.4 Å². The number of ketones is 1. The van der Waals surface area contributed by atoms with E-state index < -0.39 is 35.2 Å². The van der Waals surface area contributed by atoms with Gasteiger partial charge in [0.1, 0.15) is 6.04 Å². The van der Waals surface area contributed by atoms with Gasteiger partial charge in [-0.25, -0.2) is 4.79 Å². The van der Waals surface area contributed by atoms with Crippen LogP contribution >= 0.6 is 11.6 Å². The quantitative estimate of drug-likeness (QED) is 0.408. The normalized spacial score (nSPS) is 13.1. The minimum absolute atomic E-state index is 0.146. The molecule has 182 valence electrons. The molecule has 2 atom stereocenters. The molecule has 2 aromatic rings. The number of carbonyl (C=O) groups is 4. The molecular weight excluding hydrogens is 456 g/mol. The lowest BCUT2D eigenvalue weighted by Crippen LogP contribution is -2.46. The summed E-state index contributed by atoms with van der Waals surface area (Å²) in [7, 11) is 0. The van der Waals surface area contributed by atoms with E-state index in [1.165, 1.54) is 6.92 Å². The van der Waals surface area contributed by atoms with Crippen LogP contribution in [0.1, 0.15) is 62.3 Å². The summed E-state index contributed by atoms with van der Waals surface area (Å²) >= 11 is 6.07. The Hall–Kier alpha value is -3.19. The zero-order valence-corrected chi connectivity index (χ0v) is 21.0. The van der Waals surface area contributed by atoms with E-state index in [4.69, 9.17) is 16.3 Å². The lowest BCUT2D eigenvalue weighted by molar-refractivity contribution is -0.149. The van der Waals surface area contributed by atoms with Crippen LogP contribution in [0.3, 0.4) is 0 Å². The van der Waals surface area contributed by atoms with Gasteiger partial charge in [0, 0.05) is 16.7 Å². The van der Waals surface area contributed by atoms with Crippen molar-refractivity contribution in [3.05, 3.63) is 64.7 Å². The van der Waals surface area contributed by atoms with E-state index in [0.717, 1.165) is 0 Å². The minimum atomic E-state index is -1.07. The molecular formula is C26H31ClN2O5. The molecule has 0 aliphatic carbocycles. The van der Waals surface area contributed by atoms with Gasteiger partial charge in [-0.3, -0.25) is 14.4 Å². The Balaban J connectivity index is 2.04. The number of rotatable bonds is 8. The van der Waals surface area contributed by atoms with Crippen LogP contribution in [0, 0.1) is 11.3 Å². The maximum atomic E-state index is 12.8. The van der Waals surface area contributed by atoms with Crippen molar-refractivity contribution in [2.24, 2.45) is 11.3 Å². The monoisotopic (exact) mass is 486 g/mol. The van der Waals surface area contributed by atoms with Gasteiger partial charge in [-0.15, -0.1) is 0 Å². The third kappa shape index (κ3) is 7.15. The van der Waals surface area contributed by atoms with Gasteiger partial charge in [0.2, 0.25) is 11.7 Å². The molecule has 2 amide bonds. The Bertz CT molecular complexity index is 1060. The standard InChI is InChI=1S/C26H31ClN2O5/c1-15(2)21(29-23(31)19-9-7-8-10-20(19)27)24(32)34-16(3)22(30)17-11-13-18(14-12-17)28-25(33)26(4,5)6/h7-16,21H,1-6H3,(H,28,33)(H,29,31)/t16?,21-/m0/s1. The van der Waals surface area contributed by atoms with Gasteiger partial charge in [0.15, 0.2) is 6.10 Å². The van der Waals surface area contributed by atoms with Crippen molar-refractivity contribution < 1.29 is 23.9 Å². The fourth-order valence-electron chi connectivity index (χ4n) is 2.93. The van der Waals surface area contributed by atoms with Crippen molar-refractivity contribution in [3.63, 3.8) is 0 Å². The van der Waals surface area contributed by atoms with Crippen molar-refractivity contribution in [1.29, 1.82) is 0 Å². The highest BCUT2D eigenvalue weighted by molar-refractivity contribution is 6.33. The molecule has 0 fully saturated rings. The highest BCUT2D eigenvalue weighted by Crippen LogP contribution is 2.19. The number of amides is 2. The van der Waals surface area contributed by atoms with Gasteiger partial charge in [0.05, 0.1) is 10.6 Å². The molecule has 2 aromatic carbocycles. The molecule has 2 rings (SSSR count). The number of hydrogen-bond acceptors (Lipinski definition) is 5. The fourth-order valence-corrected chi connectivity index (χ4v) is 3.16. The summed E-state index contributed by atoms with van der Waals surface area (Å²) < 4.78 is 5.39. The molecule has 0 heterocycles. The number of benzene rings is 2. The molecule has 7 nitrogen and oxygen atoms in total. The Kier molecular flexibility index (Phi) is 8.99. The summed E-state index contributed by atoms with van der Waals surface area (Å²) in [6, 6.07) is 11.9. The average Bonchev–Trinajstić information content (AvgIpc) is 2.76. The fraction of sp³-hybridized carbons (Fsp3) is 0.385. The van der Waals surface area contributed by atoms with Crippen LogP contribution in [0.15, 0.2) is 48.5 Å². The lowest BCUT2D eigenvalue weighted by Gasteiger charge is -2.23. The molecule has 0 radical (unpaired) electrons. The molecule has 1 unspecified atom stereocenters. The Morgan fingerprint density at radius 2 is 1.50 bits per heavy atom. The first kappa shape index (κ1) is 27.1. The highest BCUT2D eigenvalue weighted by atomic mass is 35.5. The van der Waals surface area contributed by atoms with Crippen LogP contribution in [-0.4, -0.2) is 35.7 Å². The summed E-state index contributed by atoms with van der Waals surface area (Å²) in [5.41, 5.74) is 0.578. The predicted molar refractivity (Wildman–Crippen MR) is 132 cm³/mol. The largest absolute Gasteiger partial charge is 0.453 e. The number of carbonyl (C=O) groups excluding carboxylic acids is 4.